The molecule has 1 aromatic rings. The van der Waals surface area contributed by atoms with Crippen LogP contribution in [0.5, 0.6) is 0 Å². The van der Waals surface area contributed by atoms with E-state index in [-0.39, 0.29) is 64.7 Å². The minimum absolute atomic E-state index is 0.0532. The molecule has 0 aliphatic heterocycles. The number of methoxy groups -OCH3 is 2. The van der Waals surface area contributed by atoms with Gasteiger partial charge < -0.3 is 14.6 Å². The summed E-state index contributed by atoms with van der Waals surface area (Å²) in [6.45, 7) is 17.6. The predicted molar refractivity (Wildman–Crippen MR) is 175 cm³/mol. The average Bonchev–Trinajstić information content (AvgIpc) is 3.40. The third-order valence-corrected chi connectivity index (χ3v) is 14.7. The molecule has 0 saturated heterocycles. The van der Waals surface area contributed by atoms with Crippen LogP contribution >= 0.6 is 0 Å². The van der Waals surface area contributed by atoms with Gasteiger partial charge in [0.2, 0.25) is 0 Å². The highest BCUT2D eigenvalue weighted by Crippen LogP contribution is 2.78. The number of carbonyl (C=O) groups is 3. The zero-order valence-corrected chi connectivity index (χ0v) is 28.9. The van der Waals surface area contributed by atoms with Crippen LogP contribution in [-0.2, 0) is 30.3 Å². The minimum atomic E-state index is -0.812. The zero-order chi connectivity index (χ0) is 33.2. The van der Waals surface area contributed by atoms with Crippen LogP contribution in [-0.4, -0.2) is 37.2 Å². The molecule has 0 aromatic heterocycles. The summed E-state index contributed by atoms with van der Waals surface area (Å²) < 4.78 is 10.7. The Balaban J connectivity index is 1.72. The van der Waals surface area contributed by atoms with E-state index in [2.05, 4.69) is 58.5 Å². The van der Waals surface area contributed by atoms with Crippen molar-refractivity contribution < 1.29 is 29.0 Å². The maximum absolute atomic E-state index is 13.5. The van der Waals surface area contributed by atoms with Gasteiger partial charge in [-0.15, -0.1) is 0 Å². The van der Waals surface area contributed by atoms with Crippen LogP contribution in [0.2, 0.25) is 0 Å². The first kappa shape index (κ1) is 33.7. The number of hydrogen-bond acceptors (Lipinski definition) is 5. The molecule has 248 valence electrons. The van der Waals surface area contributed by atoms with Crippen molar-refractivity contribution in [3.8, 4) is 0 Å². The van der Waals surface area contributed by atoms with Gasteiger partial charge in [-0.25, -0.2) is 0 Å². The molecule has 0 amide bonds. The SMILES string of the molecule is C=C(C)[C@@H]1CC[C@]2(C(=O)O)CC[C@]3(C)[C@H](CC[C@@H]4[C@@](C)(CC(=O)OC)[C@H](C(C)(C)C(=O)OC)CC(Cc5ccccc5)[C@]43C)[C@@H]12. The molecule has 10 atom stereocenters. The summed E-state index contributed by atoms with van der Waals surface area (Å²) >= 11 is 0. The Morgan fingerprint density at radius 2 is 1.64 bits per heavy atom. The molecule has 0 radical (unpaired) electrons. The Hall–Kier alpha value is -2.63. The van der Waals surface area contributed by atoms with Crippen LogP contribution in [0.15, 0.2) is 42.5 Å². The second kappa shape index (κ2) is 11.6. The number of ether oxygens (including phenoxy) is 2. The lowest BCUT2D eigenvalue weighted by Crippen LogP contribution is -2.69. The van der Waals surface area contributed by atoms with Crippen molar-refractivity contribution in [3.05, 3.63) is 48.0 Å². The van der Waals surface area contributed by atoms with E-state index < -0.39 is 22.2 Å². The van der Waals surface area contributed by atoms with Crippen LogP contribution in [0.4, 0.5) is 0 Å². The fourth-order valence-corrected chi connectivity index (χ4v) is 12.4. The summed E-state index contributed by atoms with van der Waals surface area (Å²) in [6.07, 6.45) is 6.83. The number of hydrogen-bond donors (Lipinski definition) is 1. The summed E-state index contributed by atoms with van der Waals surface area (Å²) in [5, 5.41) is 10.8. The standard InChI is InChI=1S/C39H56O6/c1-24(2)27-17-18-39(33(41)42)20-19-37(6)28(32(27)39)15-16-29-36(5,23-31(40)44-8)30(35(3,4)34(43)45-9)22-26(38(29,37)7)21-25-13-11-10-12-14-25/h10-14,26-30,32H,1,15-23H2,2-9H3,(H,41,42)/t26?,27-,28+,29+,30-,32+,36+,37+,38+,39-/m0/s1. The summed E-state index contributed by atoms with van der Waals surface area (Å²) in [4.78, 5) is 39.9. The van der Waals surface area contributed by atoms with Gasteiger partial charge in [0.25, 0.3) is 0 Å². The van der Waals surface area contributed by atoms with Crippen LogP contribution in [0.1, 0.15) is 98.5 Å². The normalized spacial score (nSPS) is 40.8. The van der Waals surface area contributed by atoms with Gasteiger partial charge in [0.15, 0.2) is 0 Å². The van der Waals surface area contributed by atoms with Crippen LogP contribution < -0.4 is 0 Å². The van der Waals surface area contributed by atoms with E-state index in [0.29, 0.717) is 6.42 Å². The molecular weight excluding hydrogens is 564 g/mol. The molecule has 0 spiro atoms. The first-order valence-electron chi connectivity index (χ1n) is 17.1. The molecule has 0 bridgehead atoms. The first-order chi connectivity index (χ1) is 21.0. The van der Waals surface area contributed by atoms with Gasteiger partial charge in [-0.2, -0.15) is 0 Å². The summed E-state index contributed by atoms with van der Waals surface area (Å²) in [7, 11) is 2.91. The predicted octanol–water partition coefficient (Wildman–Crippen LogP) is 8.14. The fourth-order valence-electron chi connectivity index (χ4n) is 12.4. The zero-order valence-electron chi connectivity index (χ0n) is 28.9. The minimum Gasteiger partial charge on any atom is -0.481 e. The Morgan fingerprint density at radius 1 is 0.978 bits per heavy atom. The smallest absolute Gasteiger partial charge is 0.311 e. The van der Waals surface area contributed by atoms with Crippen molar-refractivity contribution in [2.75, 3.05) is 14.2 Å². The lowest BCUT2D eigenvalue weighted by Gasteiger charge is -2.73. The Morgan fingerprint density at radius 3 is 2.22 bits per heavy atom. The van der Waals surface area contributed by atoms with Crippen molar-refractivity contribution in [2.45, 2.75) is 99.3 Å². The maximum Gasteiger partial charge on any atom is 0.311 e. The van der Waals surface area contributed by atoms with E-state index in [1.54, 1.807) is 0 Å². The fraction of sp³-hybridized carbons (Fsp3) is 0.718. The summed E-state index contributed by atoms with van der Waals surface area (Å²) in [5.41, 5.74) is -0.0294. The average molecular weight is 621 g/mol. The number of rotatable bonds is 8. The van der Waals surface area contributed by atoms with E-state index in [0.717, 1.165) is 50.5 Å². The summed E-state index contributed by atoms with van der Waals surface area (Å²) in [6, 6.07) is 10.6. The second-order valence-corrected chi connectivity index (χ2v) is 16.6. The quantitative estimate of drug-likeness (QED) is 0.233. The monoisotopic (exact) mass is 620 g/mol. The van der Waals surface area contributed by atoms with Crippen LogP contribution in [0.25, 0.3) is 0 Å². The van der Waals surface area contributed by atoms with Gasteiger partial charge in [-0.05, 0) is 129 Å². The van der Waals surface area contributed by atoms with Crippen molar-refractivity contribution in [1.82, 2.24) is 0 Å². The van der Waals surface area contributed by atoms with Crippen molar-refractivity contribution >= 4 is 17.9 Å². The van der Waals surface area contributed by atoms with Gasteiger partial charge in [-0.3, -0.25) is 14.4 Å². The van der Waals surface area contributed by atoms with E-state index in [4.69, 9.17) is 9.47 Å². The largest absolute Gasteiger partial charge is 0.481 e. The van der Waals surface area contributed by atoms with Crippen LogP contribution in [0, 0.1) is 62.6 Å². The van der Waals surface area contributed by atoms with Gasteiger partial charge in [0.05, 0.1) is 31.5 Å². The Labute approximate surface area is 270 Å². The first-order valence-corrected chi connectivity index (χ1v) is 17.1. The van der Waals surface area contributed by atoms with E-state index in [1.165, 1.54) is 19.8 Å². The molecule has 1 N–H and O–H groups in total. The number of fused-ring (bicyclic) bond motifs is 5. The van der Waals surface area contributed by atoms with Gasteiger partial charge >= 0.3 is 17.9 Å². The number of carboxylic acid groups (broad SMARTS) is 1. The van der Waals surface area contributed by atoms with Crippen molar-refractivity contribution in [1.29, 1.82) is 0 Å². The highest BCUT2D eigenvalue weighted by atomic mass is 16.5. The molecule has 6 nitrogen and oxygen atoms in total. The molecule has 1 aromatic carbocycles. The number of aliphatic carboxylic acids is 1. The number of benzene rings is 1. The topological polar surface area (TPSA) is 89.9 Å². The van der Waals surface area contributed by atoms with E-state index in [1.807, 2.05) is 19.9 Å². The van der Waals surface area contributed by atoms with Crippen molar-refractivity contribution in [2.24, 2.45) is 62.6 Å². The third kappa shape index (κ3) is 4.82. The molecule has 5 rings (SSSR count). The molecule has 4 fully saturated rings. The maximum atomic E-state index is 13.5. The van der Waals surface area contributed by atoms with Gasteiger partial charge in [0, 0.05) is 0 Å². The molecule has 0 heterocycles. The molecule has 1 unspecified atom stereocenters. The lowest BCUT2D eigenvalue weighted by molar-refractivity contribution is -0.255. The highest BCUT2D eigenvalue weighted by molar-refractivity contribution is 5.77. The Bertz CT molecular complexity index is 1330. The molecule has 45 heavy (non-hydrogen) atoms. The van der Waals surface area contributed by atoms with E-state index in [9.17, 15) is 19.5 Å². The number of carboxylic acids is 1. The van der Waals surface area contributed by atoms with Crippen molar-refractivity contribution in [3.63, 3.8) is 0 Å². The lowest BCUT2D eigenvalue weighted by atomic mass is 9.31. The van der Waals surface area contributed by atoms with Crippen LogP contribution in [0.3, 0.4) is 0 Å². The van der Waals surface area contributed by atoms with Gasteiger partial charge in [0.1, 0.15) is 0 Å². The molecule has 6 heteroatoms. The molecule has 4 aliphatic carbocycles. The third-order valence-electron chi connectivity index (χ3n) is 14.7. The molecular formula is C39H56O6. The molecule has 4 saturated carbocycles. The highest BCUT2D eigenvalue weighted by Gasteiger charge is 2.73. The van der Waals surface area contributed by atoms with Gasteiger partial charge in [-0.1, -0.05) is 63.3 Å². The number of allylic oxidation sites excluding steroid dienone is 1. The molecule has 4 aliphatic rings. The summed E-state index contributed by atoms with van der Waals surface area (Å²) in [5.74, 6) is -0.394. The second-order valence-electron chi connectivity index (χ2n) is 16.6. The number of carbonyl (C=O) groups excluding carboxylic acids is 2. The van der Waals surface area contributed by atoms with E-state index >= 15 is 0 Å². The Kier molecular flexibility index (Phi) is 8.66. The number of esters is 2.